The maximum Gasteiger partial charge on any atom is 0.326 e. The Morgan fingerprint density at radius 1 is 1.33 bits per heavy atom. The molecule has 9 heteroatoms. The van der Waals surface area contributed by atoms with E-state index in [-0.39, 0.29) is 12.3 Å². The van der Waals surface area contributed by atoms with Crippen molar-refractivity contribution in [2.45, 2.75) is 32.4 Å². The molecule has 2 rings (SSSR count). The number of hydrogen-bond acceptors (Lipinski definition) is 6. The van der Waals surface area contributed by atoms with Gasteiger partial charge in [0.05, 0.1) is 4.92 Å². The lowest BCUT2D eigenvalue weighted by atomic mass is 9.99. The molecule has 0 bridgehead atoms. The maximum atomic E-state index is 12.2. The second-order valence-corrected chi connectivity index (χ2v) is 5.59. The third kappa shape index (κ3) is 3.50. The third-order valence-electron chi connectivity index (χ3n) is 3.89. The van der Waals surface area contributed by atoms with E-state index in [2.05, 4.69) is 5.32 Å². The van der Waals surface area contributed by atoms with Gasteiger partial charge in [-0.25, -0.2) is 4.79 Å². The molecule has 1 aliphatic rings. The van der Waals surface area contributed by atoms with E-state index >= 15 is 0 Å². The van der Waals surface area contributed by atoms with Gasteiger partial charge in [0.25, 0.3) is 11.6 Å². The molecule has 1 fully saturated rings. The average molecular weight is 335 g/mol. The first-order valence-corrected chi connectivity index (χ1v) is 7.30. The molecule has 1 heterocycles. The number of non-ortho nitro benzene ring substituents is 1. The van der Waals surface area contributed by atoms with Crippen LogP contribution in [0.5, 0.6) is 0 Å². The lowest BCUT2D eigenvalue weighted by molar-refractivity contribution is -0.384. The second kappa shape index (κ2) is 6.65. The van der Waals surface area contributed by atoms with Gasteiger partial charge in [-0.3, -0.25) is 24.6 Å². The van der Waals surface area contributed by atoms with E-state index in [9.17, 15) is 24.5 Å². The van der Waals surface area contributed by atoms with Crippen molar-refractivity contribution in [1.29, 1.82) is 0 Å². The number of benzene rings is 1. The van der Waals surface area contributed by atoms with Crippen LogP contribution in [0.15, 0.2) is 24.3 Å². The molecule has 1 atom stereocenters. The Labute approximate surface area is 137 Å². The van der Waals surface area contributed by atoms with Crippen LogP contribution in [0, 0.1) is 10.1 Å². The Morgan fingerprint density at radius 2 is 1.96 bits per heavy atom. The molecule has 0 aromatic heterocycles. The van der Waals surface area contributed by atoms with Gasteiger partial charge in [-0.15, -0.1) is 0 Å². The van der Waals surface area contributed by atoms with Crippen LogP contribution in [0.1, 0.15) is 25.8 Å². The topological polar surface area (TPSA) is 119 Å². The SMILES string of the molecule is CC[C@]1(C)NC(=O)N(CC(=O)OCc2ccc([N+](=O)[O-])cc2)C1=O. The zero-order chi connectivity index (χ0) is 17.9. The lowest BCUT2D eigenvalue weighted by Crippen LogP contribution is -2.43. The number of ether oxygens (including phenoxy) is 1. The summed E-state index contributed by atoms with van der Waals surface area (Å²) < 4.78 is 5.01. The third-order valence-corrected chi connectivity index (χ3v) is 3.89. The molecule has 0 saturated carbocycles. The highest BCUT2D eigenvalue weighted by molar-refractivity contribution is 6.08. The van der Waals surface area contributed by atoms with Crippen LogP contribution >= 0.6 is 0 Å². The van der Waals surface area contributed by atoms with Crippen LogP contribution < -0.4 is 5.32 Å². The molecule has 24 heavy (non-hydrogen) atoms. The monoisotopic (exact) mass is 335 g/mol. The largest absolute Gasteiger partial charge is 0.459 e. The summed E-state index contributed by atoms with van der Waals surface area (Å²) in [6, 6.07) is 4.90. The minimum absolute atomic E-state index is 0.0664. The molecule has 0 spiro atoms. The quantitative estimate of drug-likeness (QED) is 0.363. The van der Waals surface area contributed by atoms with E-state index in [0.717, 1.165) is 4.90 Å². The smallest absolute Gasteiger partial charge is 0.326 e. The van der Waals surface area contributed by atoms with Crippen molar-refractivity contribution in [3.63, 3.8) is 0 Å². The Kier molecular flexibility index (Phi) is 4.82. The van der Waals surface area contributed by atoms with Crippen molar-refractivity contribution in [3.05, 3.63) is 39.9 Å². The Bertz CT molecular complexity index is 687. The first-order chi connectivity index (χ1) is 11.3. The number of carbonyl (C=O) groups is 3. The summed E-state index contributed by atoms with van der Waals surface area (Å²) in [7, 11) is 0. The molecule has 128 valence electrons. The highest BCUT2D eigenvalue weighted by atomic mass is 16.6. The molecule has 3 amide bonds. The molecule has 0 aliphatic carbocycles. The normalized spacial score (nSPS) is 20.0. The van der Waals surface area contributed by atoms with Gasteiger partial charge in [0, 0.05) is 12.1 Å². The number of nitrogens with one attached hydrogen (secondary N) is 1. The van der Waals surface area contributed by atoms with Gasteiger partial charge in [-0.2, -0.15) is 0 Å². The highest BCUT2D eigenvalue weighted by Crippen LogP contribution is 2.20. The standard InChI is InChI=1S/C15H17N3O6/c1-3-15(2)13(20)17(14(21)16-15)8-12(19)24-9-10-4-6-11(7-5-10)18(22)23/h4-7H,3,8-9H2,1-2H3,(H,16,21)/t15-/m0/s1. The van der Waals surface area contributed by atoms with Crippen molar-refractivity contribution in [1.82, 2.24) is 10.2 Å². The molecule has 1 aromatic carbocycles. The van der Waals surface area contributed by atoms with Crippen LogP contribution in [0.2, 0.25) is 0 Å². The van der Waals surface area contributed by atoms with E-state index < -0.39 is 34.9 Å². The Hall–Kier alpha value is -2.97. The molecule has 1 aliphatic heterocycles. The van der Waals surface area contributed by atoms with E-state index in [0.29, 0.717) is 12.0 Å². The number of hydrogen-bond donors (Lipinski definition) is 1. The number of esters is 1. The maximum absolute atomic E-state index is 12.2. The number of nitro groups is 1. The van der Waals surface area contributed by atoms with E-state index in [4.69, 9.17) is 4.74 Å². The predicted molar refractivity (Wildman–Crippen MR) is 81.8 cm³/mol. The first kappa shape index (κ1) is 17.4. The molecule has 0 radical (unpaired) electrons. The number of nitro benzene ring substituents is 1. The number of urea groups is 1. The summed E-state index contributed by atoms with van der Waals surface area (Å²) >= 11 is 0. The van der Waals surface area contributed by atoms with Crippen LogP contribution in [-0.4, -0.2) is 39.8 Å². The van der Waals surface area contributed by atoms with Crippen molar-refractivity contribution >= 4 is 23.6 Å². The minimum atomic E-state index is -1.00. The number of nitrogens with zero attached hydrogens (tertiary/aromatic N) is 2. The average Bonchev–Trinajstić information content (AvgIpc) is 2.77. The summed E-state index contributed by atoms with van der Waals surface area (Å²) in [5.74, 6) is -1.21. The predicted octanol–water partition coefficient (Wildman–Crippen LogP) is 1.36. The van der Waals surface area contributed by atoms with E-state index in [1.807, 2.05) is 0 Å². The van der Waals surface area contributed by atoms with E-state index in [1.54, 1.807) is 13.8 Å². The summed E-state index contributed by atoms with van der Waals surface area (Å²) in [5.41, 5.74) is -0.511. The Morgan fingerprint density at radius 3 is 2.46 bits per heavy atom. The zero-order valence-electron chi connectivity index (χ0n) is 13.3. The lowest BCUT2D eigenvalue weighted by Gasteiger charge is -2.18. The van der Waals surface area contributed by atoms with Crippen LogP contribution in [0.3, 0.4) is 0 Å². The van der Waals surface area contributed by atoms with Gasteiger partial charge in [-0.05, 0) is 31.0 Å². The van der Waals surface area contributed by atoms with Gasteiger partial charge in [0.15, 0.2) is 0 Å². The van der Waals surface area contributed by atoms with Gasteiger partial charge < -0.3 is 10.1 Å². The first-order valence-electron chi connectivity index (χ1n) is 7.30. The summed E-state index contributed by atoms with van der Waals surface area (Å²) in [6.07, 6.45) is 0.409. The van der Waals surface area contributed by atoms with Gasteiger partial charge >= 0.3 is 12.0 Å². The van der Waals surface area contributed by atoms with Crippen LogP contribution in [-0.2, 0) is 20.9 Å². The van der Waals surface area contributed by atoms with Gasteiger partial charge in [0.1, 0.15) is 18.7 Å². The molecular weight excluding hydrogens is 318 g/mol. The zero-order valence-corrected chi connectivity index (χ0v) is 13.3. The van der Waals surface area contributed by atoms with Crippen molar-refractivity contribution in [2.24, 2.45) is 0 Å². The number of amides is 3. The van der Waals surface area contributed by atoms with Crippen molar-refractivity contribution < 1.29 is 24.0 Å². The van der Waals surface area contributed by atoms with Crippen LogP contribution in [0.4, 0.5) is 10.5 Å². The van der Waals surface area contributed by atoms with Gasteiger partial charge in [-0.1, -0.05) is 6.92 Å². The summed E-state index contributed by atoms with van der Waals surface area (Å²) in [5, 5.41) is 13.1. The summed E-state index contributed by atoms with van der Waals surface area (Å²) in [4.78, 5) is 46.6. The van der Waals surface area contributed by atoms with E-state index in [1.165, 1.54) is 24.3 Å². The molecular formula is C15H17N3O6. The van der Waals surface area contributed by atoms with Crippen molar-refractivity contribution in [2.75, 3.05) is 6.54 Å². The summed E-state index contributed by atoms with van der Waals surface area (Å²) in [6.45, 7) is 2.77. The number of carbonyl (C=O) groups excluding carboxylic acids is 3. The molecule has 0 unspecified atom stereocenters. The number of rotatable bonds is 6. The van der Waals surface area contributed by atoms with Gasteiger partial charge in [0.2, 0.25) is 0 Å². The fourth-order valence-corrected chi connectivity index (χ4v) is 2.18. The molecule has 9 nitrogen and oxygen atoms in total. The fourth-order valence-electron chi connectivity index (χ4n) is 2.18. The van der Waals surface area contributed by atoms with Crippen LogP contribution in [0.25, 0.3) is 0 Å². The molecule has 1 aromatic rings. The fraction of sp³-hybridized carbons (Fsp3) is 0.400. The molecule has 1 saturated heterocycles. The Balaban J connectivity index is 1.91. The number of imide groups is 1. The molecule has 1 N–H and O–H groups in total. The second-order valence-electron chi connectivity index (χ2n) is 5.59. The minimum Gasteiger partial charge on any atom is -0.459 e. The van der Waals surface area contributed by atoms with Crippen molar-refractivity contribution in [3.8, 4) is 0 Å². The highest BCUT2D eigenvalue weighted by Gasteiger charge is 2.47.